The fraction of sp³-hybridized carbons (Fsp3) is 0.524. The predicted octanol–water partition coefficient (Wildman–Crippen LogP) is 0.761. The number of nitrogens with one attached hydrogen (secondary N) is 1. The maximum absolute atomic E-state index is 11.7. The number of nitrogens with two attached hydrogens (primary N) is 1. The molecule has 2 aliphatic heterocycles. The molecule has 0 aliphatic carbocycles. The van der Waals surface area contributed by atoms with Crippen molar-refractivity contribution in [3.8, 4) is 0 Å². The van der Waals surface area contributed by atoms with Crippen molar-refractivity contribution in [2.24, 2.45) is 5.92 Å². The molecule has 1 aromatic carbocycles. The molecule has 3 heterocycles. The number of hydrogen-bond donors (Lipinski definition) is 2. The van der Waals surface area contributed by atoms with E-state index < -0.39 is 4.92 Å². The molecule has 160 valence electrons. The lowest BCUT2D eigenvalue weighted by molar-refractivity contribution is -0.880. The molecule has 2 aromatic rings. The molecule has 0 atom stereocenters. The number of likely N-dealkylation sites (N-methyl/N-ethyl adjacent to an activating group) is 1. The van der Waals surface area contributed by atoms with Crippen molar-refractivity contribution >= 4 is 23.3 Å². The number of piperidine rings is 1. The van der Waals surface area contributed by atoms with Crippen molar-refractivity contribution in [3.63, 3.8) is 0 Å². The maximum Gasteiger partial charge on any atom is 0.353 e. The molecule has 4 rings (SSSR count). The standard InChI is InChI=1S/C21H29N7O2/c1-25-11-13-26(14-12-25)20-18(28(29)30)19(22)23-21(24-20)27-9-7-17(8-10-27)15-16-5-3-2-4-6-16/h2-6,17H,7-15H2,1H3,(H2,22,23,24)/p+1. The molecule has 0 spiro atoms. The summed E-state index contributed by atoms with van der Waals surface area (Å²) in [7, 11) is 2.13. The Hall–Kier alpha value is -2.94. The van der Waals surface area contributed by atoms with Crippen LogP contribution in [-0.4, -0.2) is 61.2 Å². The molecule has 2 aliphatic rings. The third-order valence-electron chi connectivity index (χ3n) is 6.24. The quantitative estimate of drug-likeness (QED) is 0.552. The zero-order chi connectivity index (χ0) is 21.1. The van der Waals surface area contributed by atoms with Gasteiger partial charge in [-0.05, 0) is 30.7 Å². The van der Waals surface area contributed by atoms with E-state index in [-0.39, 0.29) is 11.5 Å². The Morgan fingerprint density at radius 1 is 1.10 bits per heavy atom. The van der Waals surface area contributed by atoms with Crippen LogP contribution in [0.3, 0.4) is 0 Å². The third-order valence-corrected chi connectivity index (χ3v) is 6.24. The summed E-state index contributed by atoms with van der Waals surface area (Å²) in [5.74, 6) is 1.45. The predicted molar refractivity (Wildman–Crippen MR) is 117 cm³/mol. The summed E-state index contributed by atoms with van der Waals surface area (Å²) >= 11 is 0. The van der Waals surface area contributed by atoms with Gasteiger partial charge >= 0.3 is 5.69 Å². The third kappa shape index (κ3) is 4.46. The second kappa shape index (κ2) is 8.83. The van der Waals surface area contributed by atoms with E-state index in [1.807, 2.05) is 11.0 Å². The van der Waals surface area contributed by atoms with E-state index in [9.17, 15) is 10.1 Å². The second-order valence-corrected chi connectivity index (χ2v) is 8.40. The van der Waals surface area contributed by atoms with Gasteiger partial charge < -0.3 is 20.4 Å². The second-order valence-electron chi connectivity index (χ2n) is 8.40. The number of aromatic nitrogens is 2. The Morgan fingerprint density at radius 3 is 2.40 bits per heavy atom. The summed E-state index contributed by atoms with van der Waals surface area (Å²) in [4.78, 5) is 25.7. The van der Waals surface area contributed by atoms with Crippen molar-refractivity contribution in [1.29, 1.82) is 0 Å². The van der Waals surface area contributed by atoms with Gasteiger partial charge in [0.1, 0.15) is 0 Å². The Morgan fingerprint density at radius 2 is 1.77 bits per heavy atom. The average Bonchev–Trinajstić information content (AvgIpc) is 2.75. The summed E-state index contributed by atoms with van der Waals surface area (Å²) in [5, 5.41) is 11.7. The van der Waals surface area contributed by atoms with Gasteiger partial charge in [0.15, 0.2) is 0 Å². The minimum atomic E-state index is -0.453. The van der Waals surface area contributed by atoms with Crippen LogP contribution < -0.4 is 20.4 Å². The Kier molecular flexibility index (Phi) is 5.98. The highest BCUT2D eigenvalue weighted by Gasteiger charge is 2.31. The molecule has 3 N–H and O–H groups in total. The van der Waals surface area contributed by atoms with Crippen molar-refractivity contribution in [1.82, 2.24) is 9.97 Å². The van der Waals surface area contributed by atoms with Gasteiger partial charge in [0.05, 0.1) is 38.2 Å². The molecular formula is C21H30N7O2+. The zero-order valence-corrected chi connectivity index (χ0v) is 17.5. The summed E-state index contributed by atoms with van der Waals surface area (Å²) in [6.07, 6.45) is 3.16. The van der Waals surface area contributed by atoms with Crippen LogP contribution in [0.4, 0.5) is 23.3 Å². The van der Waals surface area contributed by atoms with Crippen LogP contribution in [0.1, 0.15) is 18.4 Å². The summed E-state index contributed by atoms with van der Waals surface area (Å²) in [5.41, 5.74) is 7.24. The molecule has 9 heteroatoms. The van der Waals surface area contributed by atoms with Gasteiger partial charge in [-0.3, -0.25) is 10.1 Å². The van der Waals surface area contributed by atoms with Crippen LogP contribution in [-0.2, 0) is 6.42 Å². The first-order valence-electron chi connectivity index (χ1n) is 10.7. The number of anilines is 3. The lowest BCUT2D eigenvalue weighted by atomic mass is 9.90. The highest BCUT2D eigenvalue weighted by molar-refractivity contribution is 5.71. The van der Waals surface area contributed by atoms with Crippen molar-refractivity contribution < 1.29 is 9.82 Å². The van der Waals surface area contributed by atoms with Crippen molar-refractivity contribution in [3.05, 3.63) is 46.0 Å². The minimum absolute atomic E-state index is 0.0438. The van der Waals surface area contributed by atoms with E-state index in [1.165, 1.54) is 10.5 Å². The van der Waals surface area contributed by atoms with Crippen LogP contribution >= 0.6 is 0 Å². The molecule has 2 saturated heterocycles. The van der Waals surface area contributed by atoms with Crippen molar-refractivity contribution in [2.75, 3.05) is 61.8 Å². The molecule has 0 saturated carbocycles. The van der Waals surface area contributed by atoms with E-state index in [4.69, 9.17) is 5.73 Å². The number of piperazine rings is 1. The molecule has 1 aromatic heterocycles. The largest absolute Gasteiger partial charge is 0.378 e. The Bertz CT molecular complexity index is 876. The molecule has 0 radical (unpaired) electrons. The molecule has 0 amide bonds. The van der Waals surface area contributed by atoms with Gasteiger partial charge in [-0.2, -0.15) is 9.97 Å². The van der Waals surface area contributed by atoms with Gasteiger partial charge in [-0.15, -0.1) is 0 Å². The number of benzene rings is 1. The highest BCUT2D eigenvalue weighted by atomic mass is 16.6. The summed E-state index contributed by atoms with van der Waals surface area (Å²) < 4.78 is 0. The van der Waals surface area contributed by atoms with Crippen LogP contribution in [0.5, 0.6) is 0 Å². The lowest BCUT2D eigenvalue weighted by Gasteiger charge is -2.34. The minimum Gasteiger partial charge on any atom is -0.378 e. The smallest absolute Gasteiger partial charge is 0.353 e. The topological polar surface area (TPSA) is 106 Å². The Balaban J connectivity index is 1.50. The van der Waals surface area contributed by atoms with Gasteiger partial charge in [0.2, 0.25) is 17.6 Å². The van der Waals surface area contributed by atoms with E-state index >= 15 is 0 Å². The lowest BCUT2D eigenvalue weighted by Crippen LogP contribution is -3.12. The average molecular weight is 413 g/mol. The fourth-order valence-corrected chi connectivity index (χ4v) is 4.37. The summed E-state index contributed by atoms with van der Waals surface area (Å²) in [6.45, 7) is 4.95. The highest BCUT2D eigenvalue weighted by Crippen LogP contribution is 2.34. The van der Waals surface area contributed by atoms with Crippen LogP contribution in [0.2, 0.25) is 0 Å². The Labute approximate surface area is 176 Å². The van der Waals surface area contributed by atoms with Gasteiger partial charge in [-0.25, -0.2) is 0 Å². The molecular weight excluding hydrogens is 382 g/mol. The van der Waals surface area contributed by atoms with Crippen LogP contribution in [0.15, 0.2) is 30.3 Å². The molecule has 0 unspecified atom stereocenters. The first-order valence-corrected chi connectivity index (χ1v) is 10.7. The zero-order valence-electron chi connectivity index (χ0n) is 17.5. The van der Waals surface area contributed by atoms with Crippen LogP contribution in [0.25, 0.3) is 0 Å². The van der Waals surface area contributed by atoms with Gasteiger partial charge in [-0.1, -0.05) is 30.3 Å². The number of rotatable bonds is 5. The number of nitro groups is 1. The van der Waals surface area contributed by atoms with E-state index in [0.717, 1.165) is 58.5 Å². The first kappa shape index (κ1) is 20.3. The number of hydrogen-bond acceptors (Lipinski definition) is 7. The molecule has 0 bridgehead atoms. The molecule has 9 nitrogen and oxygen atoms in total. The molecule has 2 fully saturated rings. The number of nitrogens with zero attached hydrogens (tertiary/aromatic N) is 5. The van der Waals surface area contributed by atoms with E-state index in [1.54, 1.807) is 0 Å². The first-order chi connectivity index (χ1) is 14.5. The monoisotopic (exact) mass is 412 g/mol. The van der Waals surface area contributed by atoms with E-state index in [2.05, 4.69) is 46.2 Å². The van der Waals surface area contributed by atoms with Gasteiger partial charge in [0.25, 0.3) is 0 Å². The number of nitrogen functional groups attached to an aromatic ring is 1. The fourth-order valence-electron chi connectivity index (χ4n) is 4.37. The summed E-state index contributed by atoms with van der Waals surface area (Å²) in [6, 6.07) is 10.6. The van der Waals surface area contributed by atoms with Crippen molar-refractivity contribution in [2.45, 2.75) is 19.3 Å². The normalized spacial score (nSPS) is 18.6. The number of quaternary nitrogens is 1. The van der Waals surface area contributed by atoms with Gasteiger partial charge in [0, 0.05) is 13.1 Å². The molecule has 30 heavy (non-hydrogen) atoms. The van der Waals surface area contributed by atoms with Crippen LogP contribution in [0, 0.1) is 16.0 Å². The van der Waals surface area contributed by atoms with E-state index in [0.29, 0.717) is 17.7 Å². The maximum atomic E-state index is 11.7. The SMILES string of the molecule is C[NH+]1CCN(c2nc(N3CCC(Cc4ccccc4)CC3)nc(N)c2[N+](=O)[O-])CC1.